The first kappa shape index (κ1) is 13.8. The first-order valence-electron chi connectivity index (χ1n) is 4.56. The van der Waals surface area contributed by atoms with Gasteiger partial charge < -0.3 is 9.88 Å². The highest BCUT2D eigenvalue weighted by atomic mass is 35.5. The van der Waals surface area contributed by atoms with E-state index in [2.05, 4.69) is 10.3 Å². The highest BCUT2D eigenvalue weighted by Gasteiger charge is 2.11. The van der Waals surface area contributed by atoms with Crippen molar-refractivity contribution in [3.8, 4) is 0 Å². The Morgan fingerprint density at radius 1 is 1.44 bits per heavy atom. The quantitative estimate of drug-likeness (QED) is 0.815. The Labute approximate surface area is 105 Å². The van der Waals surface area contributed by atoms with E-state index in [1.54, 1.807) is 11.6 Å². The molecule has 0 aliphatic heterocycles. The maximum atomic E-state index is 10.9. The van der Waals surface area contributed by atoms with Crippen molar-refractivity contribution in [2.45, 2.75) is 6.54 Å². The van der Waals surface area contributed by atoms with Crippen LogP contribution in [-0.2, 0) is 23.4 Å². The molecule has 0 bridgehead atoms. The van der Waals surface area contributed by atoms with E-state index in [9.17, 15) is 8.42 Å². The SMILES string of the molecule is Cn1c(Cl)nc(Cl)c1CNCCS(C)(=O)=O. The van der Waals surface area contributed by atoms with Crippen LogP contribution < -0.4 is 5.32 Å². The Hall–Kier alpha value is -0.300. The van der Waals surface area contributed by atoms with E-state index >= 15 is 0 Å². The summed E-state index contributed by atoms with van der Waals surface area (Å²) < 4.78 is 23.4. The fourth-order valence-electron chi connectivity index (χ4n) is 1.13. The van der Waals surface area contributed by atoms with Gasteiger partial charge in [0.25, 0.3) is 0 Å². The molecule has 0 radical (unpaired) electrons. The molecule has 1 aromatic heterocycles. The minimum Gasteiger partial charge on any atom is -0.319 e. The third kappa shape index (κ3) is 3.93. The molecule has 0 saturated heterocycles. The van der Waals surface area contributed by atoms with Gasteiger partial charge in [-0.15, -0.1) is 0 Å². The molecule has 8 heteroatoms. The second-order valence-electron chi connectivity index (χ2n) is 3.48. The zero-order chi connectivity index (χ0) is 12.3. The number of nitrogens with zero attached hydrogens (tertiary/aromatic N) is 2. The molecule has 16 heavy (non-hydrogen) atoms. The van der Waals surface area contributed by atoms with Gasteiger partial charge in [-0.05, 0) is 11.6 Å². The van der Waals surface area contributed by atoms with Gasteiger partial charge in [-0.3, -0.25) is 0 Å². The maximum absolute atomic E-state index is 10.9. The molecule has 5 nitrogen and oxygen atoms in total. The van der Waals surface area contributed by atoms with Crippen LogP contribution >= 0.6 is 23.2 Å². The van der Waals surface area contributed by atoms with Crippen molar-refractivity contribution < 1.29 is 8.42 Å². The smallest absolute Gasteiger partial charge is 0.204 e. The topological polar surface area (TPSA) is 64.0 Å². The second kappa shape index (κ2) is 5.35. The highest BCUT2D eigenvalue weighted by molar-refractivity contribution is 7.90. The van der Waals surface area contributed by atoms with E-state index in [1.807, 2.05) is 0 Å². The van der Waals surface area contributed by atoms with E-state index in [-0.39, 0.29) is 5.75 Å². The van der Waals surface area contributed by atoms with Gasteiger partial charge in [-0.1, -0.05) is 11.6 Å². The molecule has 1 aromatic rings. The zero-order valence-electron chi connectivity index (χ0n) is 9.00. The maximum Gasteiger partial charge on any atom is 0.204 e. The Morgan fingerprint density at radius 3 is 2.50 bits per heavy atom. The van der Waals surface area contributed by atoms with Crippen molar-refractivity contribution in [3.63, 3.8) is 0 Å². The van der Waals surface area contributed by atoms with E-state index in [1.165, 1.54) is 6.26 Å². The Bertz CT molecular complexity index is 470. The van der Waals surface area contributed by atoms with Crippen LogP contribution in [0.25, 0.3) is 0 Å². The molecule has 0 fully saturated rings. The van der Waals surface area contributed by atoms with Gasteiger partial charge in [0.05, 0.1) is 11.4 Å². The number of imidazole rings is 1. The van der Waals surface area contributed by atoms with Crippen LogP contribution in [0.15, 0.2) is 0 Å². The molecule has 1 rings (SSSR count). The summed E-state index contributed by atoms with van der Waals surface area (Å²) in [5.41, 5.74) is 0.736. The normalized spacial score (nSPS) is 12.0. The average Bonchev–Trinajstić information content (AvgIpc) is 2.36. The molecule has 0 atom stereocenters. The van der Waals surface area contributed by atoms with Crippen LogP contribution in [0.4, 0.5) is 0 Å². The summed E-state index contributed by atoms with van der Waals surface area (Å²) in [7, 11) is -1.19. The molecule has 0 aliphatic rings. The Balaban J connectivity index is 2.49. The fraction of sp³-hybridized carbons (Fsp3) is 0.625. The van der Waals surface area contributed by atoms with Crippen LogP contribution in [-0.4, -0.2) is 36.5 Å². The molecule has 92 valence electrons. The summed E-state index contributed by atoms with van der Waals surface area (Å²) in [6.07, 6.45) is 1.20. The third-order valence-electron chi connectivity index (χ3n) is 2.05. The van der Waals surface area contributed by atoms with Gasteiger partial charge in [-0.25, -0.2) is 13.4 Å². The Kier molecular flexibility index (Phi) is 4.61. The zero-order valence-corrected chi connectivity index (χ0v) is 11.3. The summed E-state index contributed by atoms with van der Waals surface area (Å²) >= 11 is 11.6. The average molecular weight is 286 g/mol. The van der Waals surface area contributed by atoms with E-state index in [4.69, 9.17) is 23.2 Å². The van der Waals surface area contributed by atoms with Gasteiger partial charge in [0, 0.05) is 26.4 Å². The van der Waals surface area contributed by atoms with Gasteiger partial charge in [0.2, 0.25) is 5.28 Å². The lowest BCUT2D eigenvalue weighted by Crippen LogP contribution is -2.23. The monoisotopic (exact) mass is 285 g/mol. The number of halogens is 2. The van der Waals surface area contributed by atoms with Crippen LogP contribution in [0.2, 0.25) is 10.4 Å². The third-order valence-corrected chi connectivity index (χ3v) is 3.64. The first-order chi connectivity index (χ1) is 7.31. The summed E-state index contributed by atoms with van der Waals surface area (Å²) in [5, 5.41) is 3.61. The van der Waals surface area contributed by atoms with Crippen molar-refractivity contribution in [2.24, 2.45) is 7.05 Å². The van der Waals surface area contributed by atoms with Crippen LogP contribution in [0.5, 0.6) is 0 Å². The molecular formula is C8H13Cl2N3O2S. The van der Waals surface area contributed by atoms with E-state index in [0.717, 1.165) is 5.69 Å². The van der Waals surface area contributed by atoms with Crippen molar-refractivity contribution in [1.29, 1.82) is 0 Å². The molecule has 1 heterocycles. The molecule has 0 aliphatic carbocycles. The van der Waals surface area contributed by atoms with Gasteiger partial charge in [0.15, 0.2) is 5.15 Å². The minimum absolute atomic E-state index is 0.0935. The number of nitrogens with one attached hydrogen (secondary N) is 1. The minimum atomic E-state index is -2.94. The molecule has 0 aromatic carbocycles. The number of hydrogen-bond donors (Lipinski definition) is 1. The molecular weight excluding hydrogens is 273 g/mol. The van der Waals surface area contributed by atoms with Gasteiger partial charge in [-0.2, -0.15) is 0 Å². The second-order valence-corrected chi connectivity index (χ2v) is 6.44. The fourth-order valence-corrected chi connectivity index (χ4v) is 2.14. The van der Waals surface area contributed by atoms with Gasteiger partial charge >= 0.3 is 0 Å². The number of rotatable bonds is 5. The predicted octanol–water partition coefficient (Wildman–Crippen LogP) is 0.861. The highest BCUT2D eigenvalue weighted by Crippen LogP contribution is 2.18. The summed E-state index contributed by atoms with van der Waals surface area (Å²) in [6, 6.07) is 0. The number of hydrogen-bond acceptors (Lipinski definition) is 4. The number of aromatic nitrogens is 2. The van der Waals surface area contributed by atoms with Crippen molar-refractivity contribution in [1.82, 2.24) is 14.9 Å². The van der Waals surface area contributed by atoms with E-state index < -0.39 is 9.84 Å². The first-order valence-corrected chi connectivity index (χ1v) is 7.38. The molecule has 0 unspecified atom stereocenters. The van der Waals surface area contributed by atoms with Crippen LogP contribution in [0.3, 0.4) is 0 Å². The van der Waals surface area contributed by atoms with Gasteiger partial charge in [0.1, 0.15) is 9.84 Å². The predicted molar refractivity (Wildman–Crippen MR) is 64.6 cm³/mol. The van der Waals surface area contributed by atoms with Crippen LogP contribution in [0, 0.1) is 0 Å². The van der Waals surface area contributed by atoms with Crippen LogP contribution in [0.1, 0.15) is 5.69 Å². The lowest BCUT2D eigenvalue weighted by molar-refractivity contribution is 0.595. The molecule has 0 saturated carbocycles. The molecule has 0 amide bonds. The molecule has 0 spiro atoms. The lowest BCUT2D eigenvalue weighted by Gasteiger charge is -2.05. The van der Waals surface area contributed by atoms with E-state index in [0.29, 0.717) is 23.5 Å². The van der Waals surface area contributed by atoms with Crippen molar-refractivity contribution >= 4 is 33.0 Å². The summed E-state index contributed by atoms with van der Waals surface area (Å²) in [6.45, 7) is 0.808. The lowest BCUT2D eigenvalue weighted by atomic mass is 10.4. The summed E-state index contributed by atoms with van der Waals surface area (Å²) in [5.74, 6) is 0.0935. The largest absolute Gasteiger partial charge is 0.319 e. The van der Waals surface area contributed by atoms with Crippen molar-refractivity contribution in [2.75, 3.05) is 18.6 Å². The van der Waals surface area contributed by atoms with Crippen molar-refractivity contribution in [3.05, 3.63) is 16.1 Å². The molecule has 1 N–H and O–H groups in total. The Morgan fingerprint density at radius 2 is 2.06 bits per heavy atom. The summed E-state index contributed by atoms with van der Waals surface area (Å²) in [4.78, 5) is 3.87. The number of sulfone groups is 1. The standard InChI is InChI=1S/C8H13Cl2N3O2S/c1-13-6(7(9)12-8(13)10)5-11-3-4-16(2,14)15/h11H,3-5H2,1-2H3.